The van der Waals surface area contributed by atoms with E-state index in [0.717, 1.165) is 55.8 Å². The Morgan fingerprint density at radius 3 is 2.60 bits per heavy atom. The Morgan fingerprint density at radius 2 is 1.92 bits per heavy atom. The van der Waals surface area contributed by atoms with Gasteiger partial charge in [-0.1, -0.05) is 5.16 Å². The molecule has 3 amide bonds. The number of hydrogen-bond acceptors (Lipinski definition) is 4. The van der Waals surface area contributed by atoms with Gasteiger partial charge in [-0.3, -0.25) is 4.79 Å². The molecule has 0 aliphatic carbocycles. The second-order valence-electron chi connectivity index (χ2n) is 7.58. The van der Waals surface area contributed by atoms with E-state index >= 15 is 0 Å². The molecule has 5 heterocycles. The van der Waals surface area contributed by atoms with Crippen LogP contribution in [0.15, 0.2) is 4.52 Å². The highest BCUT2D eigenvalue weighted by atomic mass is 16.5. The first-order valence-electron chi connectivity index (χ1n) is 9.30. The van der Waals surface area contributed by atoms with Crippen molar-refractivity contribution in [2.45, 2.75) is 52.1 Å². The van der Waals surface area contributed by atoms with Gasteiger partial charge in [0.25, 0.3) is 0 Å². The Morgan fingerprint density at radius 1 is 1.16 bits per heavy atom. The number of fused-ring (bicyclic) bond motifs is 4. The summed E-state index contributed by atoms with van der Waals surface area (Å²) in [5.74, 6) is 0.870. The molecule has 4 aliphatic heterocycles. The molecule has 136 valence electrons. The van der Waals surface area contributed by atoms with E-state index in [1.54, 1.807) is 0 Å². The van der Waals surface area contributed by atoms with E-state index in [1.165, 1.54) is 0 Å². The van der Waals surface area contributed by atoms with Gasteiger partial charge in [-0.05, 0) is 39.5 Å². The highest BCUT2D eigenvalue weighted by Crippen LogP contribution is 2.32. The number of aromatic nitrogens is 1. The quantitative estimate of drug-likeness (QED) is 0.820. The Hall–Kier alpha value is -2.05. The van der Waals surface area contributed by atoms with Crippen molar-refractivity contribution in [2.24, 2.45) is 5.92 Å². The van der Waals surface area contributed by atoms with Gasteiger partial charge in [0, 0.05) is 37.8 Å². The first-order valence-corrected chi connectivity index (χ1v) is 9.30. The van der Waals surface area contributed by atoms with Gasteiger partial charge >= 0.3 is 6.03 Å². The predicted molar refractivity (Wildman–Crippen MR) is 90.8 cm³/mol. The maximum Gasteiger partial charge on any atom is 0.320 e. The first-order chi connectivity index (χ1) is 12.0. The number of carbonyl (C=O) groups is 2. The Balaban J connectivity index is 1.53. The smallest absolute Gasteiger partial charge is 0.320 e. The molecule has 1 aromatic rings. The molecule has 2 atom stereocenters. The summed E-state index contributed by atoms with van der Waals surface area (Å²) in [7, 11) is 0. The van der Waals surface area contributed by atoms with Gasteiger partial charge in [-0.15, -0.1) is 0 Å². The number of nitrogens with zero attached hydrogens (tertiary/aromatic N) is 4. The van der Waals surface area contributed by atoms with Crippen molar-refractivity contribution >= 4 is 11.9 Å². The summed E-state index contributed by atoms with van der Waals surface area (Å²) in [4.78, 5) is 31.6. The number of likely N-dealkylation sites (tertiary alicyclic amines) is 1. The van der Waals surface area contributed by atoms with Crippen LogP contribution in [0.2, 0.25) is 0 Å². The minimum atomic E-state index is -0.0780. The maximum absolute atomic E-state index is 13.0. The molecule has 7 heteroatoms. The molecule has 4 aliphatic rings. The Kier molecular flexibility index (Phi) is 4.17. The summed E-state index contributed by atoms with van der Waals surface area (Å²) in [5.41, 5.74) is 1.84. The van der Waals surface area contributed by atoms with Crippen LogP contribution in [0.3, 0.4) is 0 Å². The molecule has 0 aromatic carbocycles. The molecule has 2 bridgehead atoms. The van der Waals surface area contributed by atoms with E-state index in [4.69, 9.17) is 4.52 Å². The lowest BCUT2D eigenvalue weighted by Gasteiger charge is -2.36. The second kappa shape index (κ2) is 6.35. The second-order valence-corrected chi connectivity index (χ2v) is 7.58. The first kappa shape index (κ1) is 16.4. The van der Waals surface area contributed by atoms with Crippen molar-refractivity contribution in [3.05, 3.63) is 17.0 Å². The molecule has 0 spiro atoms. The highest BCUT2D eigenvalue weighted by Gasteiger charge is 2.43. The van der Waals surface area contributed by atoms with Crippen LogP contribution >= 0.6 is 0 Å². The molecule has 4 saturated heterocycles. The fraction of sp³-hybridized carbons (Fsp3) is 0.722. The third-order valence-corrected chi connectivity index (χ3v) is 5.95. The monoisotopic (exact) mass is 346 g/mol. The zero-order chi connectivity index (χ0) is 17.6. The summed E-state index contributed by atoms with van der Waals surface area (Å²) >= 11 is 0. The molecule has 25 heavy (non-hydrogen) atoms. The van der Waals surface area contributed by atoms with Gasteiger partial charge < -0.3 is 19.2 Å². The molecule has 2 unspecified atom stereocenters. The van der Waals surface area contributed by atoms with Crippen molar-refractivity contribution in [3.8, 4) is 0 Å². The van der Waals surface area contributed by atoms with E-state index in [0.29, 0.717) is 19.6 Å². The van der Waals surface area contributed by atoms with Crippen molar-refractivity contribution in [1.82, 2.24) is 19.9 Å². The van der Waals surface area contributed by atoms with Crippen LogP contribution in [0.5, 0.6) is 0 Å². The minimum absolute atomic E-state index is 0.0780. The summed E-state index contributed by atoms with van der Waals surface area (Å²) in [6.45, 7) is 7.23. The van der Waals surface area contributed by atoms with Gasteiger partial charge in [0.2, 0.25) is 5.91 Å². The Bertz CT molecular complexity index is 660. The van der Waals surface area contributed by atoms with E-state index < -0.39 is 0 Å². The largest absolute Gasteiger partial charge is 0.361 e. The van der Waals surface area contributed by atoms with E-state index in [1.807, 2.05) is 28.5 Å². The lowest BCUT2D eigenvalue weighted by atomic mass is 9.93. The van der Waals surface area contributed by atoms with Crippen molar-refractivity contribution < 1.29 is 14.1 Å². The minimum Gasteiger partial charge on any atom is -0.361 e. The number of hydrogen-bond donors (Lipinski definition) is 0. The van der Waals surface area contributed by atoms with Crippen LogP contribution < -0.4 is 0 Å². The molecule has 0 radical (unpaired) electrons. The molecule has 1 aromatic heterocycles. The SMILES string of the molecule is Cc1noc(C)c1CN1C(=O)C2CCC1CN(C(=O)N1CCCC1)C2. The van der Waals surface area contributed by atoms with E-state index in [2.05, 4.69) is 5.16 Å². The molecule has 4 fully saturated rings. The average Bonchev–Trinajstić information content (AvgIpc) is 3.14. The summed E-state index contributed by atoms with van der Waals surface area (Å²) in [6.07, 6.45) is 4.02. The normalized spacial score (nSPS) is 26.5. The van der Waals surface area contributed by atoms with Crippen LogP contribution in [-0.2, 0) is 11.3 Å². The number of amides is 3. The predicted octanol–water partition coefficient (Wildman–Crippen LogP) is 1.93. The number of piperidine rings is 1. The van der Waals surface area contributed by atoms with Crippen LogP contribution in [0.25, 0.3) is 0 Å². The van der Waals surface area contributed by atoms with Crippen LogP contribution in [0.1, 0.15) is 42.7 Å². The van der Waals surface area contributed by atoms with Crippen LogP contribution in [-0.4, -0.2) is 64.0 Å². The van der Waals surface area contributed by atoms with Gasteiger partial charge in [-0.2, -0.15) is 0 Å². The zero-order valence-corrected chi connectivity index (χ0v) is 15.0. The lowest BCUT2D eigenvalue weighted by Crippen LogP contribution is -2.48. The molecular weight excluding hydrogens is 320 g/mol. The lowest BCUT2D eigenvalue weighted by molar-refractivity contribution is -0.140. The fourth-order valence-corrected chi connectivity index (χ4v) is 4.41. The molecule has 0 saturated carbocycles. The summed E-state index contributed by atoms with van der Waals surface area (Å²) < 4.78 is 5.25. The van der Waals surface area contributed by atoms with Crippen molar-refractivity contribution in [1.29, 1.82) is 0 Å². The van der Waals surface area contributed by atoms with Gasteiger partial charge in [0.05, 0.1) is 18.2 Å². The molecule has 5 rings (SSSR count). The number of carbonyl (C=O) groups excluding carboxylic acids is 2. The van der Waals surface area contributed by atoms with Crippen LogP contribution in [0.4, 0.5) is 4.79 Å². The van der Waals surface area contributed by atoms with Gasteiger partial charge in [0.15, 0.2) is 0 Å². The number of rotatable bonds is 2. The standard InChI is InChI=1S/C18H26N4O3/c1-12-16(13(2)25-19-12)11-22-15-6-5-14(17(22)23)9-21(10-15)18(24)20-7-3-4-8-20/h14-15H,3-11H2,1-2H3. The molecule has 7 nitrogen and oxygen atoms in total. The van der Waals surface area contributed by atoms with Crippen LogP contribution in [0, 0.1) is 19.8 Å². The topological polar surface area (TPSA) is 69.9 Å². The summed E-state index contributed by atoms with van der Waals surface area (Å²) in [5, 5.41) is 4.00. The number of aryl methyl sites for hydroxylation is 2. The molecule has 0 N–H and O–H groups in total. The fourth-order valence-electron chi connectivity index (χ4n) is 4.41. The van der Waals surface area contributed by atoms with Crippen molar-refractivity contribution in [3.63, 3.8) is 0 Å². The van der Waals surface area contributed by atoms with E-state index in [9.17, 15) is 9.59 Å². The average molecular weight is 346 g/mol. The summed E-state index contributed by atoms with van der Waals surface area (Å²) in [6, 6.07) is 0.202. The zero-order valence-electron chi connectivity index (χ0n) is 15.0. The highest BCUT2D eigenvalue weighted by molar-refractivity contribution is 5.83. The Labute approximate surface area is 147 Å². The third kappa shape index (κ3) is 2.89. The number of urea groups is 1. The third-order valence-electron chi connectivity index (χ3n) is 5.95. The van der Waals surface area contributed by atoms with Gasteiger partial charge in [-0.25, -0.2) is 4.79 Å². The van der Waals surface area contributed by atoms with Gasteiger partial charge in [0.1, 0.15) is 5.76 Å². The van der Waals surface area contributed by atoms with E-state index in [-0.39, 0.29) is 23.9 Å². The van der Waals surface area contributed by atoms with Crippen molar-refractivity contribution in [2.75, 3.05) is 26.2 Å². The maximum atomic E-state index is 13.0. The molecular formula is C18H26N4O3.